The highest BCUT2D eigenvalue weighted by Gasteiger charge is 2.43. The van der Waals surface area contributed by atoms with Gasteiger partial charge in [0.25, 0.3) is 0 Å². The molecule has 3 N–H and O–H groups in total. The summed E-state index contributed by atoms with van der Waals surface area (Å²) in [5, 5.41) is 33.6. The molecule has 2 aromatic rings. The Balaban J connectivity index is 1.24. The van der Waals surface area contributed by atoms with Crippen molar-refractivity contribution in [2.24, 2.45) is 0 Å². The second kappa shape index (κ2) is 14.2. The number of hydrogen-bond donors (Lipinski definition) is 3. The van der Waals surface area contributed by atoms with Crippen LogP contribution < -0.4 is 10.1 Å². The minimum atomic E-state index is -1.65. The van der Waals surface area contributed by atoms with E-state index in [-0.39, 0.29) is 24.0 Å². The Bertz CT molecular complexity index is 1250. The van der Waals surface area contributed by atoms with E-state index in [9.17, 15) is 24.7 Å². The van der Waals surface area contributed by atoms with Gasteiger partial charge in [0.15, 0.2) is 6.17 Å². The number of aliphatic hydroxyl groups is 2. The zero-order valence-electron chi connectivity index (χ0n) is 24.4. The number of rotatable bonds is 11. The molecule has 0 saturated carbocycles. The lowest BCUT2D eigenvalue weighted by atomic mass is 9.91. The van der Waals surface area contributed by atoms with Crippen LogP contribution in [0.3, 0.4) is 0 Å². The molecule has 2 aromatic carbocycles. The molecule has 4 rings (SSSR count). The van der Waals surface area contributed by atoms with Crippen LogP contribution in [0.5, 0.6) is 5.75 Å². The predicted octanol–water partition coefficient (Wildman–Crippen LogP) is 4.49. The summed E-state index contributed by atoms with van der Waals surface area (Å²) in [7, 11) is 0. The van der Waals surface area contributed by atoms with Gasteiger partial charge < -0.3 is 29.9 Å². The molecule has 0 aliphatic carbocycles. The van der Waals surface area contributed by atoms with Crippen LogP contribution in [0.25, 0.3) is 0 Å². The van der Waals surface area contributed by atoms with E-state index in [1.807, 2.05) is 30.3 Å². The van der Waals surface area contributed by atoms with Crippen LogP contribution in [0.4, 0.5) is 4.39 Å². The highest BCUT2D eigenvalue weighted by molar-refractivity contribution is 6.31. The Morgan fingerprint density at radius 1 is 1.24 bits per heavy atom. The van der Waals surface area contributed by atoms with Crippen molar-refractivity contribution in [1.29, 1.82) is 5.26 Å². The van der Waals surface area contributed by atoms with Gasteiger partial charge in [-0.1, -0.05) is 35.9 Å². The zero-order valence-corrected chi connectivity index (χ0v) is 25.2. The zero-order chi connectivity index (χ0) is 30.4. The number of likely N-dealkylation sites (tertiary alicyclic amines) is 1. The van der Waals surface area contributed by atoms with Gasteiger partial charge in [-0.25, -0.2) is 4.39 Å². The quantitative estimate of drug-likeness (QED) is 0.325. The van der Waals surface area contributed by atoms with Crippen LogP contribution in [0.15, 0.2) is 42.5 Å². The number of amides is 1. The number of alkyl halides is 1. The highest BCUT2D eigenvalue weighted by Crippen LogP contribution is 2.35. The molecule has 2 aliphatic heterocycles. The number of carbonyl (C=O) groups excluding carboxylic acids is 1. The fourth-order valence-electron chi connectivity index (χ4n) is 5.55. The van der Waals surface area contributed by atoms with E-state index in [0.29, 0.717) is 30.2 Å². The van der Waals surface area contributed by atoms with Crippen molar-refractivity contribution in [2.75, 3.05) is 19.7 Å². The Hall–Kier alpha value is -2.74. The molecule has 10 heteroatoms. The van der Waals surface area contributed by atoms with E-state index in [1.165, 1.54) is 6.92 Å². The van der Waals surface area contributed by atoms with Crippen molar-refractivity contribution in [3.05, 3.63) is 64.2 Å². The maximum Gasteiger partial charge on any atom is 0.237 e. The van der Waals surface area contributed by atoms with E-state index in [2.05, 4.69) is 25.2 Å². The van der Waals surface area contributed by atoms with Gasteiger partial charge in [-0.3, -0.25) is 4.79 Å². The Labute approximate surface area is 252 Å². The number of carbonyl (C=O) groups is 1. The molecule has 1 amide bonds. The van der Waals surface area contributed by atoms with Gasteiger partial charge in [0, 0.05) is 17.1 Å². The van der Waals surface area contributed by atoms with Crippen molar-refractivity contribution in [3.8, 4) is 11.8 Å². The Morgan fingerprint density at radius 3 is 2.69 bits per heavy atom. The molecule has 8 nitrogen and oxygen atoms in total. The highest BCUT2D eigenvalue weighted by atomic mass is 35.5. The lowest BCUT2D eigenvalue weighted by molar-refractivity contribution is -0.201. The summed E-state index contributed by atoms with van der Waals surface area (Å²) < 4.78 is 25.7. The minimum Gasteiger partial charge on any atom is -0.494 e. The molecule has 42 heavy (non-hydrogen) atoms. The van der Waals surface area contributed by atoms with Crippen molar-refractivity contribution < 1.29 is 28.9 Å². The normalized spacial score (nSPS) is 26.2. The molecule has 2 aliphatic rings. The first-order valence-electron chi connectivity index (χ1n) is 14.6. The predicted molar refractivity (Wildman–Crippen MR) is 158 cm³/mol. The van der Waals surface area contributed by atoms with Crippen molar-refractivity contribution in [3.63, 3.8) is 0 Å². The van der Waals surface area contributed by atoms with Crippen LogP contribution >= 0.6 is 11.6 Å². The van der Waals surface area contributed by atoms with E-state index < -0.39 is 30.6 Å². The first kappa shape index (κ1) is 32.2. The van der Waals surface area contributed by atoms with Crippen LogP contribution in [-0.4, -0.2) is 76.8 Å². The summed E-state index contributed by atoms with van der Waals surface area (Å²) in [6.07, 6.45) is -2.47. The summed E-state index contributed by atoms with van der Waals surface area (Å²) >= 11 is 6.46. The van der Waals surface area contributed by atoms with E-state index >= 15 is 0 Å². The molecule has 2 saturated heterocycles. The molecule has 0 aromatic heterocycles. The van der Waals surface area contributed by atoms with Crippen LogP contribution in [0.2, 0.25) is 5.02 Å². The van der Waals surface area contributed by atoms with Gasteiger partial charge >= 0.3 is 0 Å². The van der Waals surface area contributed by atoms with Crippen molar-refractivity contribution >= 4 is 17.5 Å². The fraction of sp³-hybridized carbons (Fsp3) is 0.562. The summed E-state index contributed by atoms with van der Waals surface area (Å²) in [5.41, 5.74) is 2.21. The standard InChI is InChI=1S/C32H41ClFN3O5/c1-20-28(34)29(39)30(40)31(42-20)22-9-12-26(33)23(17-22)16-21-7-10-25(11-8-21)41-15-5-13-32(2,3)36-19-27(38)37-14-4-6-24(37)18-35/h7-12,17,20,24,28-31,36,39-40H,4-6,13-16,19H2,1-3H3/t20-,24+,28-,29+,30-,31+/m1/s1. The monoisotopic (exact) mass is 601 g/mol. The summed E-state index contributed by atoms with van der Waals surface area (Å²) in [4.78, 5) is 14.2. The second-order valence-electron chi connectivity index (χ2n) is 11.9. The van der Waals surface area contributed by atoms with Crippen LogP contribution in [0.1, 0.15) is 69.2 Å². The van der Waals surface area contributed by atoms with Crippen molar-refractivity contribution in [2.45, 2.75) is 95.0 Å². The molecule has 0 bridgehead atoms. The minimum absolute atomic E-state index is 0.0280. The number of benzene rings is 2. The summed E-state index contributed by atoms with van der Waals surface area (Å²) in [5.74, 6) is 0.721. The third-order valence-corrected chi connectivity index (χ3v) is 8.54. The van der Waals surface area contributed by atoms with E-state index in [1.54, 1.807) is 17.0 Å². The average Bonchev–Trinajstić information content (AvgIpc) is 3.46. The lowest BCUT2D eigenvalue weighted by Gasteiger charge is -2.38. The topological polar surface area (TPSA) is 115 Å². The number of nitrogens with zero attached hydrogens (tertiary/aromatic N) is 2. The summed E-state index contributed by atoms with van der Waals surface area (Å²) in [6, 6.07) is 14.9. The smallest absolute Gasteiger partial charge is 0.237 e. The molecule has 2 fully saturated rings. The van der Waals surface area contributed by atoms with Crippen molar-refractivity contribution in [1.82, 2.24) is 10.2 Å². The number of nitriles is 1. The molecule has 228 valence electrons. The maximum atomic E-state index is 14.1. The summed E-state index contributed by atoms with van der Waals surface area (Å²) in [6.45, 7) is 7.05. The number of halogens is 2. The van der Waals surface area contributed by atoms with Crippen LogP contribution in [-0.2, 0) is 16.0 Å². The molecular weight excluding hydrogens is 561 g/mol. The lowest BCUT2D eigenvalue weighted by Crippen LogP contribution is -2.51. The van der Waals surface area contributed by atoms with Gasteiger partial charge in [-0.15, -0.1) is 0 Å². The largest absolute Gasteiger partial charge is 0.494 e. The first-order chi connectivity index (χ1) is 20.0. The molecule has 0 spiro atoms. The average molecular weight is 602 g/mol. The first-order valence-corrected chi connectivity index (χ1v) is 15.0. The number of nitrogens with one attached hydrogen (secondary N) is 1. The molecular formula is C32H41ClFN3O5. The Kier molecular flexibility index (Phi) is 10.8. The second-order valence-corrected chi connectivity index (χ2v) is 12.3. The van der Waals surface area contributed by atoms with Crippen LogP contribution in [0, 0.1) is 11.3 Å². The fourth-order valence-corrected chi connectivity index (χ4v) is 5.73. The molecule has 0 radical (unpaired) electrons. The van der Waals surface area contributed by atoms with E-state index in [4.69, 9.17) is 21.1 Å². The van der Waals surface area contributed by atoms with E-state index in [0.717, 1.165) is 42.6 Å². The third kappa shape index (κ3) is 8.00. The molecule has 2 heterocycles. The van der Waals surface area contributed by atoms with Gasteiger partial charge in [0.2, 0.25) is 5.91 Å². The number of ether oxygens (including phenoxy) is 2. The molecule has 6 atom stereocenters. The molecule has 0 unspecified atom stereocenters. The van der Waals surface area contributed by atoms with Gasteiger partial charge in [-0.05, 0) is 87.8 Å². The van der Waals surface area contributed by atoms with Gasteiger partial charge in [0.05, 0.1) is 25.3 Å². The van der Waals surface area contributed by atoms with Gasteiger partial charge in [0.1, 0.15) is 30.1 Å². The number of aliphatic hydroxyl groups excluding tert-OH is 2. The maximum absolute atomic E-state index is 14.1. The SMILES string of the molecule is C[C@H]1O[C@@H](c2ccc(Cl)c(Cc3ccc(OCCCC(C)(C)NCC(=O)N4CCC[C@H]4C#N)cc3)c2)[C@H](O)[C@@H](O)[C@@H]1F. The Morgan fingerprint density at radius 2 is 1.98 bits per heavy atom. The third-order valence-electron chi connectivity index (χ3n) is 8.17. The van der Waals surface area contributed by atoms with Gasteiger partial charge in [-0.2, -0.15) is 5.26 Å². The number of hydrogen-bond acceptors (Lipinski definition) is 7.